The van der Waals surface area contributed by atoms with Gasteiger partial charge in [-0.25, -0.2) is 0 Å². The van der Waals surface area contributed by atoms with Gasteiger partial charge in [-0.05, 0) is 23.6 Å². The summed E-state index contributed by atoms with van der Waals surface area (Å²) in [6, 6.07) is 9.66. The van der Waals surface area contributed by atoms with Crippen LogP contribution in [0.2, 0.25) is 0 Å². The molecule has 2 heterocycles. The molecule has 6 nitrogen and oxygen atoms in total. The fourth-order valence-corrected chi connectivity index (χ4v) is 3.07. The van der Waals surface area contributed by atoms with Gasteiger partial charge in [0.15, 0.2) is 0 Å². The number of hydrogen-bond acceptors (Lipinski definition) is 3. The lowest BCUT2D eigenvalue weighted by atomic mass is 9.90. The molecular formula is C17H20N4O2. The number of nitrogens with zero attached hydrogens (tertiary/aromatic N) is 2. The van der Waals surface area contributed by atoms with Crippen molar-refractivity contribution >= 4 is 11.8 Å². The first kappa shape index (κ1) is 15.3. The number of rotatable bonds is 4. The largest absolute Gasteiger partial charge is 0.350 e. The highest BCUT2D eigenvalue weighted by Crippen LogP contribution is 2.32. The van der Waals surface area contributed by atoms with E-state index in [9.17, 15) is 9.59 Å². The van der Waals surface area contributed by atoms with E-state index in [0.29, 0.717) is 13.1 Å². The molecule has 1 aliphatic heterocycles. The SMILES string of the molecule is CC(=O)N1CCc2ccccc2[C@@H]1CC(=O)NCc1ccn[nH]1. The van der Waals surface area contributed by atoms with Crippen LogP contribution in [0.4, 0.5) is 0 Å². The number of hydrogen-bond donors (Lipinski definition) is 2. The zero-order chi connectivity index (χ0) is 16.2. The van der Waals surface area contributed by atoms with E-state index in [2.05, 4.69) is 21.6 Å². The van der Waals surface area contributed by atoms with Crippen LogP contribution in [-0.4, -0.2) is 33.5 Å². The number of fused-ring (bicyclic) bond motifs is 1. The molecule has 0 unspecified atom stereocenters. The van der Waals surface area contributed by atoms with Crippen molar-refractivity contribution in [2.45, 2.75) is 32.4 Å². The lowest BCUT2D eigenvalue weighted by molar-refractivity contribution is -0.133. The van der Waals surface area contributed by atoms with E-state index in [1.54, 1.807) is 18.0 Å². The van der Waals surface area contributed by atoms with Crippen LogP contribution in [0.5, 0.6) is 0 Å². The standard InChI is InChI=1S/C17H20N4O2/c1-12(22)21-9-7-13-4-2-3-5-15(13)16(21)10-17(23)18-11-14-6-8-19-20-14/h2-6,8,16H,7,9-11H2,1H3,(H,18,23)(H,19,20)/t16-/m0/s1. The minimum atomic E-state index is -0.195. The summed E-state index contributed by atoms with van der Waals surface area (Å²) in [4.78, 5) is 26.0. The van der Waals surface area contributed by atoms with Gasteiger partial charge in [-0.3, -0.25) is 14.7 Å². The fourth-order valence-electron chi connectivity index (χ4n) is 3.07. The number of aromatic amines is 1. The predicted octanol–water partition coefficient (Wildman–Crippen LogP) is 1.56. The van der Waals surface area contributed by atoms with Crippen LogP contribution in [0.25, 0.3) is 0 Å². The van der Waals surface area contributed by atoms with E-state index in [4.69, 9.17) is 0 Å². The lowest BCUT2D eigenvalue weighted by Crippen LogP contribution is -2.41. The Morgan fingerprint density at radius 2 is 2.17 bits per heavy atom. The second-order valence-corrected chi connectivity index (χ2v) is 5.74. The van der Waals surface area contributed by atoms with Gasteiger partial charge in [0.25, 0.3) is 0 Å². The number of benzene rings is 1. The quantitative estimate of drug-likeness (QED) is 0.899. The molecule has 2 aromatic rings. The predicted molar refractivity (Wildman–Crippen MR) is 85.3 cm³/mol. The Morgan fingerprint density at radius 3 is 2.91 bits per heavy atom. The number of amides is 2. The topological polar surface area (TPSA) is 78.1 Å². The van der Waals surface area contributed by atoms with Gasteiger partial charge in [0.05, 0.1) is 24.7 Å². The first-order valence-corrected chi connectivity index (χ1v) is 7.75. The monoisotopic (exact) mass is 312 g/mol. The Labute approximate surface area is 134 Å². The fraction of sp³-hybridized carbons (Fsp3) is 0.353. The zero-order valence-corrected chi connectivity index (χ0v) is 13.1. The first-order chi connectivity index (χ1) is 11.1. The Hall–Kier alpha value is -2.63. The van der Waals surface area contributed by atoms with Crippen molar-refractivity contribution in [3.05, 3.63) is 53.3 Å². The minimum Gasteiger partial charge on any atom is -0.350 e. The highest BCUT2D eigenvalue weighted by atomic mass is 16.2. The Bertz CT molecular complexity index is 696. The van der Waals surface area contributed by atoms with Crippen molar-refractivity contribution in [1.29, 1.82) is 0 Å². The molecule has 1 aromatic carbocycles. The number of carbonyl (C=O) groups excluding carboxylic acids is 2. The molecule has 2 N–H and O–H groups in total. The minimum absolute atomic E-state index is 0.00544. The summed E-state index contributed by atoms with van der Waals surface area (Å²) < 4.78 is 0. The maximum Gasteiger partial charge on any atom is 0.222 e. The van der Waals surface area contributed by atoms with Gasteiger partial charge in [-0.2, -0.15) is 5.10 Å². The lowest BCUT2D eigenvalue weighted by Gasteiger charge is -2.36. The van der Waals surface area contributed by atoms with E-state index in [1.165, 1.54) is 5.56 Å². The number of nitrogens with one attached hydrogen (secondary N) is 2. The van der Waals surface area contributed by atoms with Gasteiger partial charge in [0.2, 0.25) is 11.8 Å². The zero-order valence-electron chi connectivity index (χ0n) is 13.1. The van der Waals surface area contributed by atoms with E-state index in [0.717, 1.165) is 17.7 Å². The molecule has 0 fully saturated rings. The third-order valence-corrected chi connectivity index (χ3v) is 4.23. The van der Waals surface area contributed by atoms with Crippen LogP contribution < -0.4 is 5.32 Å². The summed E-state index contributed by atoms with van der Waals surface area (Å²) in [5.74, 6) is -0.0709. The third-order valence-electron chi connectivity index (χ3n) is 4.23. The Kier molecular flexibility index (Phi) is 4.41. The molecule has 6 heteroatoms. The number of carbonyl (C=O) groups is 2. The van der Waals surface area contributed by atoms with Gasteiger partial charge in [0, 0.05) is 19.7 Å². The molecular weight excluding hydrogens is 292 g/mol. The van der Waals surface area contributed by atoms with Crippen molar-refractivity contribution in [2.75, 3.05) is 6.54 Å². The van der Waals surface area contributed by atoms with Gasteiger partial charge in [-0.15, -0.1) is 0 Å². The van der Waals surface area contributed by atoms with Crippen molar-refractivity contribution in [3.63, 3.8) is 0 Å². The van der Waals surface area contributed by atoms with Gasteiger partial charge < -0.3 is 10.2 Å². The Balaban J connectivity index is 1.72. The average molecular weight is 312 g/mol. The van der Waals surface area contributed by atoms with Crippen molar-refractivity contribution < 1.29 is 9.59 Å². The highest BCUT2D eigenvalue weighted by molar-refractivity contribution is 5.79. The van der Waals surface area contributed by atoms with E-state index < -0.39 is 0 Å². The second-order valence-electron chi connectivity index (χ2n) is 5.74. The van der Waals surface area contributed by atoms with Gasteiger partial charge in [0.1, 0.15) is 0 Å². The molecule has 1 aliphatic rings. The first-order valence-electron chi connectivity index (χ1n) is 7.75. The van der Waals surface area contributed by atoms with E-state index >= 15 is 0 Å². The molecule has 120 valence electrons. The smallest absolute Gasteiger partial charge is 0.222 e. The van der Waals surface area contributed by atoms with Crippen molar-refractivity contribution in [1.82, 2.24) is 20.4 Å². The average Bonchev–Trinajstić information content (AvgIpc) is 3.06. The number of aromatic nitrogens is 2. The second kappa shape index (κ2) is 6.64. The maximum atomic E-state index is 12.3. The molecule has 1 aromatic heterocycles. The molecule has 3 rings (SSSR count). The van der Waals surface area contributed by atoms with E-state index in [-0.39, 0.29) is 24.3 Å². The summed E-state index contributed by atoms with van der Waals surface area (Å²) in [7, 11) is 0. The molecule has 1 atom stereocenters. The molecule has 2 amide bonds. The normalized spacial score (nSPS) is 16.7. The Morgan fingerprint density at radius 1 is 1.35 bits per heavy atom. The number of H-pyrrole nitrogens is 1. The summed E-state index contributed by atoms with van der Waals surface area (Å²) in [6.45, 7) is 2.63. The summed E-state index contributed by atoms with van der Waals surface area (Å²) >= 11 is 0. The molecule has 0 radical (unpaired) electrons. The molecule has 23 heavy (non-hydrogen) atoms. The van der Waals surface area contributed by atoms with Crippen LogP contribution in [-0.2, 0) is 22.6 Å². The molecule has 0 spiro atoms. The highest BCUT2D eigenvalue weighted by Gasteiger charge is 2.30. The maximum absolute atomic E-state index is 12.3. The molecule has 0 bridgehead atoms. The molecule has 0 saturated heterocycles. The summed E-state index contributed by atoms with van der Waals surface area (Å²) in [5.41, 5.74) is 3.15. The van der Waals surface area contributed by atoms with Crippen LogP contribution in [0.15, 0.2) is 36.5 Å². The van der Waals surface area contributed by atoms with Crippen LogP contribution >= 0.6 is 0 Å². The summed E-state index contributed by atoms with van der Waals surface area (Å²) in [6.07, 6.45) is 2.75. The van der Waals surface area contributed by atoms with Crippen LogP contribution in [0.1, 0.15) is 36.2 Å². The van der Waals surface area contributed by atoms with E-state index in [1.807, 2.05) is 24.3 Å². The third kappa shape index (κ3) is 3.41. The molecule has 0 saturated carbocycles. The van der Waals surface area contributed by atoms with Gasteiger partial charge in [-0.1, -0.05) is 24.3 Å². The summed E-state index contributed by atoms with van der Waals surface area (Å²) in [5, 5.41) is 9.54. The van der Waals surface area contributed by atoms with Crippen LogP contribution in [0.3, 0.4) is 0 Å². The van der Waals surface area contributed by atoms with Crippen molar-refractivity contribution in [3.8, 4) is 0 Å². The van der Waals surface area contributed by atoms with Crippen molar-refractivity contribution in [2.24, 2.45) is 0 Å². The molecule has 0 aliphatic carbocycles. The van der Waals surface area contributed by atoms with Gasteiger partial charge >= 0.3 is 0 Å². The van der Waals surface area contributed by atoms with Crippen LogP contribution in [0, 0.1) is 0 Å².